The fraction of sp³-hybridized carbons (Fsp3) is 0.190. The molecule has 1 aromatic carbocycles. The lowest BCUT2D eigenvalue weighted by atomic mass is 10.1. The highest BCUT2D eigenvalue weighted by molar-refractivity contribution is 7.21. The van der Waals surface area contributed by atoms with Crippen LogP contribution in [0.3, 0.4) is 0 Å². The molecule has 0 bridgehead atoms. The Hall–Kier alpha value is -2.77. The lowest BCUT2D eigenvalue weighted by Crippen LogP contribution is -2.48. The monoisotopic (exact) mass is 406 g/mol. The van der Waals surface area contributed by atoms with Gasteiger partial charge in [0, 0.05) is 37.9 Å². The number of fused-ring (bicyclic) bond motifs is 1. The Kier molecular flexibility index (Phi) is 4.54. The first-order valence-corrected chi connectivity index (χ1v) is 10.9. The van der Waals surface area contributed by atoms with Crippen LogP contribution in [0.4, 0.5) is 5.13 Å². The number of anilines is 1. The van der Waals surface area contributed by atoms with Crippen LogP contribution in [-0.4, -0.2) is 47.0 Å². The number of piperazine rings is 1. The first-order chi connectivity index (χ1) is 13.8. The number of rotatable bonds is 3. The van der Waals surface area contributed by atoms with Crippen molar-refractivity contribution in [1.82, 2.24) is 14.9 Å². The Morgan fingerprint density at radius 3 is 2.57 bits per heavy atom. The van der Waals surface area contributed by atoms with E-state index in [4.69, 9.17) is 4.98 Å². The molecule has 0 saturated carbocycles. The Labute approximate surface area is 170 Å². The minimum Gasteiger partial charge on any atom is -0.344 e. The van der Waals surface area contributed by atoms with Crippen LogP contribution in [0.5, 0.6) is 0 Å². The van der Waals surface area contributed by atoms with Gasteiger partial charge in [0.2, 0.25) is 0 Å². The van der Waals surface area contributed by atoms with E-state index in [0.717, 1.165) is 44.6 Å². The largest absolute Gasteiger partial charge is 0.344 e. The van der Waals surface area contributed by atoms with Crippen molar-refractivity contribution >= 4 is 44.1 Å². The molecule has 0 radical (unpaired) electrons. The number of thiophene rings is 1. The zero-order valence-corrected chi connectivity index (χ0v) is 16.7. The molecule has 5 rings (SSSR count). The molecule has 1 fully saturated rings. The number of hydrogen-bond donors (Lipinski definition) is 0. The SMILES string of the molecule is O=C(c1sccc1-c1ccccc1)N1CCN(c2nc3cccnc3s2)CC1. The molecule has 0 atom stereocenters. The van der Waals surface area contributed by atoms with Gasteiger partial charge in [-0.15, -0.1) is 11.3 Å². The quantitative estimate of drug-likeness (QED) is 0.507. The van der Waals surface area contributed by atoms with Crippen LogP contribution in [0.15, 0.2) is 60.1 Å². The molecule has 4 aromatic rings. The van der Waals surface area contributed by atoms with Crippen molar-refractivity contribution in [2.75, 3.05) is 31.1 Å². The van der Waals surface area contributed by atoms with Gasteiger partial charge in [0.15, 0.2) is 5.13 Å². The maximum Gasteiger partial charge on any atom is 0.264 e. The van der Waals surface area contributed by atoms with E-state index in [0.29, 0.717) is 13.1 Å². The highest BCUT2D eigenvalue weighted by atomic mass is 32.1. The lowest BCUT2D eigenvalue weighted by Gasteiger charge is -2.34. The van der Waals surface area contributed by atoms with Gasteiger partial charge in [0.05, 0.1) is 4.88 Å². The average molecular weight is 407 g/mol. The van der Waals surface area contributed by atoms with E-state index in [2.05, 4.69) is 22.0 Å². The predicted octanol–water partition coefficient (Wildman–Crippen LogP) is 4.38. The summed E-state index contributed by atoms with van der Waals surface area (Å²) in [5, 5.41) is 2.99. The van der Waals surface area contributed by atoms with Crippen molar-refractivity contribution in [3.05, 3.63) is 65.0 Å². The number of thiazole rings is 1. The second-order valence-corrected chi connectivity index (χ2v) is 8.50. The molecule has 0 unspecified atom stereocenters. The van der Waals surface area contributed by atoms with E-state index < -0.39 is 0 Å². The Morgan fingerprint density at radius 1 is 0.964 bits per heavy atom. The van der Waals surface area contributed by atoms with Crippen molar-refractivity contribution in [3.8, 4) is 11.1 Å². The first-order valence-electron chi connectivity index (χ1n) is 9.18. The molecule has 5 nitrogen and oxygen atoms in total. The zero-order chi connectivity index (χ0) is 18.9. The molecule has 7 heteroatoms. The Morgan fingerprint density at radius 2 is 1.79 bits per heavy atom. The van der Waals surface area contributed by atoms with Crippen LogP contribution in [0.2, 0.25) is 0 Å². The molecule has 1 saturated heterocycles. The van der Waals surface area contributed by atoms with Crippen LogP contribution in [-0.2, 0) is 0 Å². The third-order valence-corrected chi connectivity index (χ3v) is 6.88. The minimum atomic E-state index is 0.125. The third-order valence-electron chi connectivity index (χ3n) is 4.94. The highest BCUT2D eigenvalue weighted by Gasteiger charge is 2.26. The van der Waals surface area contributed by atoms with Gasteiger partial charge in [0.1, 0.15) is 10.3 Å². The number of carbonyl (C=O) groups excluding carboxylic acids is 1. The molecule has 1 aliphatic rings. The van der Waals surface area contributed by atoms with Gasteiger partial charge in [-0.2, -0.15) is 0 Å². The van der Waals surface area contributed by atoms with E-state index in [-0.39, 0.29) is 5.91 Å². The summed E-state index contributed by atoms with van der Waals surface area (Å²) >= 11 is 3.14. The van der Waals surface area contributed by atoms with Crippen LogP contribution < -0.4 is 4.90 Å². The van der Waals surface area contributed by atoms with E-state index in [1.165, 1.54) is 11.3 Å². The van der Waals surface area contributed by atoms with Gasteiger partial charge in [-0.25, -0.2) is 9.97 Å². The molecule has 0 spiro atoms. The summed E-state index contributed by atoms with van der Waals surface area (Å²) in [5.74, 6) is 0.125. The standard InChI is InChI=1S/C21H18N4OS2/c26-20(18-16(8-14-27-18)15-5-2-1-3-6-15)24-10-12-25(13-11-24)21-23-17-7-4-9-22-19(17)28-21/h1-9,14H,10-13H2. The zero-order valence-electron chi connectivity index (χ0n) is 15.1. The smallest absolute Gasteiger partial charge is 0.264 e. The van der Waals surface area contributed by atoms with Crippen molar-refractivity contribution in [1.29, 1.82) is 0 Å². The number of pyridine rings is 1. The third kappa shape index (κ3) is 3.16. The fourth-order valence-corrected chi connectivity index (χ4v) is 5.30. The molecular weight excluding hydrogens is 388 g/mol. The second kappa shape index (κ2) is 7.33. The number of aromatic nitrogens is 2. The van der Waals surface area contributed by atoms with Gasteiger partial charge in [-0.1, -0.05) is 41.7 Å². The van der Waals surface area contributed by atoms with Crippen LogP contribution in [0.25, 0.3) is 21.5 Å². The van der Waals surface area contributed by atoms with E-state index in [1.54, 1.807) is 17.5 Å². The van der Waals surface area contributed by atoms with Gasteiger partial charge < -0.3 is 9.80 Å². The molecule has 1 aliphatic heterocycles. The summed E-state index contributed by atoms with van der Waals surface area (Å²) in [5.41, 5.74) is 3.05. The van der Waals surface area contributed by atoms with E-state index in [9.17, 15) is 4.79 Å². The number of amides is 1. The van der Waals surface area contributed by atoms with Crippen LogP contribution >= 0.6 is 22.7 Å². The summed E-state index contributed by atoms with van der Waals surface area (Å²) in [6.45, 7) is 2.98. The summed E-state index contributed by atoms with van der Waals surface area (Å²) in [4.78, 5) is 28.2. The van der Waals surface area contributed by atoms with Crippen molar-refractivity contribution in [3.63, 3.8) is 0 Å². The second-order valence-electron chi connectivity index (χ2n) is 6.63. The highest BCUT2D eigenvalue weighted by Crippen LogP contribution is 2.31. The molecule has 140 valence electrons. The first kappa shape index (κ1) is 17.3. The average Bonchev–Trinajstić information content (AvgIpc) is 3.41. The van der Waals surface area contributed by atoms with Gasteiger partial charge in [-0.05, 0) is 29.1 Å². The van der Waals surface area contributed by atoms with Crippen molar-refractivity contribution < 1.29 is 4.79 Å². The lowest BCUT2D eigenvalue weighted by molar-refractivity contribution is 0.0752. The molecule has 1 amide bonds. The van der Waals surface area contributed by atoms with Gasteiger partial charge >= 0.3 is 0 Å². The van der Waals surface area contributed by atoms with Gasteiger partial charge in [0.25, 0.3) is 5.91 Å². The summed E-state index contributed by atoms with van der Waals surface area (Å²) in [7, 11) is 0. The van der Waals surface area contributed by atoms with Crippen molar-refractivity contribution in [2.45, 2.75) is 0 Å². The van der Waals surface area contributed by atoms with Crippen LogP contribution in [0.1, 0.15) is 9.67 Å². The number of hydrogen-bond acceptors (Lipinski definition) is 6. The number of carbonyl (C=O) groups is 1. The minimum absolute atomic E-state index is 0.125. The van der Waals surface area contributed by atoms with E-state index >= 15 is 0 Å². The predicted molar refractivity (Wildman–Crippen MR) is 115 cm³/mol. The summed E-state index contributed by atoms with van der Waals surface area (Å²) in [6.07, 6.45) is 1.80. The van der Waals surface area contributed by atoms with Crippen LogP contribution in [0, 0.1) is 0 Å². The van der Waals surface area contributed by atoms with E-state index in [1.807, 2.05) is 46.7 Å². The topological polar surface area (TPSA) is 49.3 Å². The number of benzene rings is 1. The number of nitrogens with zero attached hydrogens (tertiary/aromatic N) is 4. The molecule has 4 heterocycles. The molecule has 3 aromatic heterocycles. The molecule has 0 N–H and O–H groups in total. The molecule has 0 aliphatic carbocycles. The fourth-order valence-electron chi connectivity index (χ4n) is 3.46. The van der Waals surface area contributed by atoms with Crippen molar-refractivity contribution in [2.24, 2.45) is 0 Å². The van der Waals surface area contributed by atoms with Gasteiger partial charge in [-0.3, -0.25) is 4.79 Å². The Bertz CT molecular complexity index is 1080. The molecular formula is C21H18N4OS2. The normalized spacial score (nSPS) is 14.6. The molecule has 28 heavy (non-hydrogen) atoms. The maximum atomic E-state index is 13.1. The summed E-state index contributed by atoms with van der Waals surface area (Å²) < 4.78 is 0. The maximum absolute atomic E-state index is 13.1. The Balaban J connectivity index is 1.31. The summed E-state index contributed by atoms with van der Waals surface area (Å²) in [6, 6.07) is 16.1.